The number of hydrogen-bond donors (Lipinski definition) is 2. The molecule has 2 N–H and O–H groups in total. The number of imidazole rings is 1. The van der Waals surface area contributed by atoms with Crippen LogP contribution in [-0.2, 0) is 11.8 Å². The summed E-state index contributed by atoms with van der Waals surface area (Å²) in [7, 11) is 5.81. The van der Waals surface area contributed by atoms with Crippen LogP contribution in [0.2, 0.25) is 0 Å². The van der Waals surface area contributed by atoms with Gasteiger partial charge in [-0.3, -0.25) is 9.69 Å². The number of rotatable bonds is 8. The normalized spacial score (nSPS) is 16.8. The molecule has 0 atom stereocenters. The highest BCUT2D eigenvalue weighted by Gasteiger charge is 2.28. The molecule has 1 amide bonds. The van der Waals surface area contributed by atoms with E-state index in [1.807, 2.05) is 54.1 Å². The van der Waals surface area contributed by atoms with Gasteiger partial charge in [0.15, 0.2) is 5.82 Å². The largest absolute Gasteiger partial charge is 0.494 e. The van der Waals surface area contributed by atoms with Gasteiger partial charge in [0, 0.05) is 64.6 Å². The van der Waals surface area contributed by atoms with E-state index >= 15 is 0 Å². The third-order valence-corrected chi connectivity index (χ3v) is 8.54. The molecule has 0 bridgehead atoms. The van der Waals surface area contributed by atoms with Crippen molar-refractivity contribution < 1.29 is 9.53 Å². The Morgan fingerprint density at radius 3 is 2.49 bits per heavy atom. The first kappa shape index (κ1) is 28.6. The zero-order valence-electron chi connectivity index (χ0n) is 25.1. The first-order valence-corrected chi connectivity index (χ1v) is 14.8. The van der Waals surface area contributed by atoms with Crippen molar-refractivity contribution in [2.45, 2.75) is 18.9 Å². The van der Waals surface area contributed by atoms with Crippen LogP contribution in [0.15, 0.2) is 61.3 Å². The molecule has 2 aromatic heterocycles. The quantitative estimate of drug-likeness (QED) is 0.298. The topological polar surface area (TPSA) is 104 Å². The van der Waals surface area contributed by atoms with E-state index < -0.39 is 0 Å². The van der Waals surface area contributed by atoms with Crippen LogP contribution in [0.4, 0.5) is 23.0 Å². The number of nitrogens with zero attached hydrogens (tertiary/aromatic N) is 7. The SMILES string of the molecule is C=CC(=O)Nc1cc(Nc2nccc(-c3nc4ccccc4n3C)n2)c(OC)cc1N1CCC(N2CCN(C)CC2)CC1. The minimum absolute atomic E-state index is 0.273. The number of amides is 1. The molecule has 2 aliphatic rings. The number of hydrogen-bond acceptors (Lipinski definition) is 9. The van der Waals surface area contributed by atoms with E-state index in [1.54, 1.807) is 13.3 Å². The molecule has 0 saturated carbocycles. The number of methoxy groups -OCH3 is 1. The van der Waals surface area contributed by atoms with E-state index in [2.05, 4.69) is 43.9 Å². The first-order chi connectivity index (χ1) is 20.9. The number of nitrogens with one attached hydrogen (secondary N) is 2. The molecule has 6 rings (SSSR count). The van der Waals surface area contributed by atoms with E-state index in [9.17, 15) is 4.79 Å². The third-order valence-electron chi connectivity index (χ3n) is 8.54. The van der Waals surface area contributed by atoms with Crippen molar-refractivity contribution in [3.05, 3.63) is 61.3 Å². The van der Waals surface area contributed by atoms with E-state index in [0.29, 0.717) is 34.8 Å². The van der Waals surface area contributed by atoms with Gasteiger partial charge in [0.25, 0.3) is 0 Å². The summed E-state index contributed by atoms with van der Waals surface area (Å²) in [5, 5.41) is 6.32. The molecular formula is C32H39N9O2. The minimum atomic E-state index is -0.273. The maximum Gasteiger partial charge on any atom is 0.247 e. The fourth-order valence-electron chi connectivity index (χ4n) is 6.08. The number of carbonyl (C=O) groups is 1. The van der Waals surface area contributed by atoms with Gasteiger partial charge in [-0.1, -0.05) is 18.7 Å². The maximum atomic E-state index is 12.5. The predicted octanol–water partition coefficient (Wildman–Crippen LogP) is 4.12. The second-order valence-electron chi connectivity index (χ2n) is 11.2. The Bertz CT molecular complexity index is 1620. The van der Waals surface area contributed by atoms with Gasteiger partial charge in [0.2, 0.25) is 11.9 Å². The van der Waals surface area contributed by atoms with Crippen LogP contribution in [0.5, 0.6) is 5.75 Å². The molecule has 11 heteroatoms. The number of likely N-dealkylation sites (N-methyl/N-ethyl adjacent to an activating group) is 1. The summed E-state index contributed by atoms with van der Waals surface area (Å²) in [6.45, 7) is 9.92. The lowest BCUT2D eigenvalue weighted by atomic mass is 10.0. The standard InChI is InChI=1S/C32H39N9O2/c1-5-30(42)34-25-20-26(37-32-33-13-10-24(36-32)31-35-23-8-6-7-9-27(23)39(31)3)29(43-4)21-28(25)41-14-11-22(12-15-41)40-18-16-38(2)17-19-40/h5-10,13,20-22H,1,11-12,14-19H2,2-4H3,(H,34,42)(H,33,36,37). The Balaban J connectivity index is 1.26. The van der Waals surface area contributed by atoms with Crippen molar-refractivity contribution in [3.8, 4) is 17.3 Å². The van der Waals surface area contributed by atoms with Crippen LogP contribution >= 0.6 is 0 Å². The first-order valence-electron chi connectivity index (χ1n) is 14.8. The van der Waals surface area contributed by atoms with Crippen molar-refractivity contribution >= 4 is 40.0 Å². The molecule has 4 aromatic rings. The molecule has 0 aliphatic carbocycles. The number of piperazine rings is 1. The van der Waals surface area contributed by atoms with Gasteiger partial charge in [-0.05, 0) is 50.2 Å². The lowest BCUT2D eigenvalue weighted by Crippen LogP contribution is -2.52. The summed E-state index contributed by atoms with van der Waals surface area (Å²) >= 11 is 0. The highest BCUT2D eigenvalue weighted by atomic mass is 16.5. The average molecular weight is 582 g/mol. The van der Waals surface area contributed by atoms with Crippen LogP contribution in [0.3, 0.4) is 0 Å². The molecule has 0 radical (unpaired) electrons. The summed E-state index contributed by atoms with van der Waals surface area (Å²) in [6.07, 6.45) is 5.13. The van der Waals surface area contributed by atoms with Crippen molar-refractivity contribution in [2.24, 2.45) is 7.05 Å². The number of aryl methyl sites for hydroxylation is 1. The monoisotopic (exact) mass is 581 g/mol. The number of aromatic nitrogens is 4. The zero-order chi connectivity index (χ0) is 29.9. The summed E-state index contributed by atoms with van der Waals surface area (Å²) < 4.78 is 7.85. The third kappa shape index (κ3) is 6.04. The second-order valence-corrected chi connectivity index (χ2v) is 11.2. The number of ether oxygens (including phenoxy) is 1. The zero-order valence-corrected chi connectivity index (χ0v) is 25.1. The van der Waals surface area contributed by atoms with Gasteiger partial charge in [-0.25, -0.2) is 15.0 Å². The highest BCUT2D eigenvalue weighted by Crippen LogP contribution is 2.39. The van der Waals surface area contributed by atoms with Gasteiger partial charge in [-0.15, -0.1) is 0 Å². The maximum absolute atomic E-state index is 12.5. The number of fused-ring (bicyclic) bond motifs is 1. The lowest BCUT2D eigenvalue weighted by molar-refractivity contribution is -0.111. The molecule has 224 valence electrons. The fraction of sp³-hybridized carbons (Fsp3) is 0.375. The fourth-order valence-corrected chi connectivity index (χ4v) is 6.08. The number of anilines is 4. The number of benzene rings is 2. The number of piperidine rings is 1. The highest BCUT2D eigenvalue weighted by molar-refractivity contribution is 6.02. The van der Waals surface area contributed by atoms with Crippen LogP contribution in [0, 0.1) is 0 Å². The van der Waals surface area contributed by atoms with E-state index in [-0.39, 0.29) is 5.91 Å². The molecule has 2 aromatic carbocycles. The molecular weight excluding hydrogens is 542 g/mol. The molecule has 2 aliphatic heterocycles. The van der Waals surface area contributed by atoms with Crippen LogP contribution in [0.1, 0.15) is 12.8 Å². The van der Waals surface area contributed by atoms with Crippen LogP contribution < -0.4 is 20.3 Å². The summed E-state index contributed by atoms with van der Waals surface area (Å²) in [6, 6.07) is 14.3. The minimum Gasteiger partial charge on any atom is -0.494 e. The lowest BCUT2D eigenvalue weighted by Gasteiger charge is -2.43. The van der Waals surface area contributed by atoms with Crippen LogP contribution in [-0.4, -0.2) is 94.7 Å². The van der Waals surface area contributed by atoms with Gasteiger partial charge >= 0.3 is 0 Å². The average Bonchev–Trinajstić information content (AvgIpc) is 3.38. The van der Waals surface area contributed by atoms with Gasteiger partial charge < -0.3 is 29.7 Å². The summed E-state index contributed by atoms with van der Waals surface area (Å²) in [5.41, 5.74) is 4.86. The van der Waals surface area contributed by atoms with Gasteiger partial charge in [0.1, 0.15) is 11.4 Å². The second kappa shape index (κ2) is 12.4. The summed E-state index contributed by atoms with van der Waals surface area (Å²) in [5.74, 6) is 1.49. The Morgan fingerprint density at radius 2 is 1.77 bits per heavy atom. The van der Waals surface area contributed by atoms with Gasteiger partial charge in [-0.2, -0.15) is 0 Å². The summed E-state index contributed by atoms with van der Waals surface area (Å²) in [4.78, 5) is 33.8. The predicted molar refractivity (Wildman–Crippen MR) is 171 cm³/mol. The van der Waals surface area contributed by atoms with E-state index in [0.717, 1.165) is 74.7 Å². The van der Waals surface area contributed by atoms with Crippen molar-refractivity contribution in [1.29, 1.82) is 0 Å². The molecule has 0 spiro atoms. The Hall–Kier alpha value is -4.48. The Morgan fingerprint density at radius 1 is 1.00 bits per heavy atom. The molecule has 43 heavy (non-hydrogen) atoms. The van der Waals surface area contributed by atoms with Crippen molar-refractivity contribution in [2.75, 3.05) is 69.0 Å². The Kier molecular flexibility index (Phi) is 8.26. The van der Waals surface area contributed by atoms with Crippen molar-refractivity contribution in [1.82, 2.24) is 29.3 Å². The number of carbonyl (C=O) groups excluding carboxylic acids is 1. The molecule has 2 fully saturated rings. The van der Waals surface area contributed by atoms with E-state index in [1.165, 1.54) is 6.08 Å². The van der Waals surface area contributed by atoms with Crippen LogP contribution in [0.25, 0.3) is 22.6 Å². The number of para-hydroxylation sites is 2. The smallest absolute Gasteiger partial charge is 0.247 e. The Labute approximate surface area is 252 Å². The molecule has 0 unspecified atom stereocenters. The van der Waals surface area contributed by atoms with Crippen molar-refractivity contribution in [3.63, 3.8) is 0 Å². The molecule has 11 nitrogen and oxygen atoms in total. The molecule has 2 saturated heterocycles. The molecule has 4 heterocycles. The van der Waals surface area contributed by atoms with Gasteiger partial charge in [0.05, 0.1) is 35.2 Å². The van der Waals surface area contributed by atoms with E-state index in [4.69, 9.17) is 14.7 Å².